The molecular weight excluding hydrogens is 260 g/mol. The molecule has 0 bridgehead atoms. The molecular formula is C14H18N2O4. The van der Waals surface area contributed by atoms with Crippen LogP contribution in [0, 0.1) is 5.92 Å². The van der Waals surface area contributed by atoms with Crippen molar-refractivity contribution in [3.63, 3.8) is 0 Å². The van der Waals surface area contributed by atoms with Gasteiger partial charge in [-0.1, -0.05) is 18.2 Å². The third-order valence-electron chi connectivity index (χ3n) is 3.38. The standard InChI is InChI=1S/C14H18N2O4/c1-16(12-9-20-8-11(12)14(18)19)7-13(17)15-10-5-3-2-4-6-10/h2-6,11-12H,7-9H2,1H3,(H,15,17)(H,18,19). The first kappa shape index (κ1) is 14.5. The maximum Gasteiger partial charge on any atom is 0.310 e. The predicted octanol–water partition coefficient (Wildman–Crippen LogP) is 0.656. The Kier molecular flexibility index (Phi) is 4.70. The van der Waals surface area contributed by atoms with E-state index in [0.717, 1.165) is 5.69 Å². The topological polar surface area (TPSA) is 78.9 Å². The molecule has 108 valence electrons. The molecule has 2 unspecified atom stereocenters. The van der Waals surface area contributed by atoms with E-state index >= 15 is 0 Å². The average molecular weight is 278 g/mol. The number of benzene rings is 1. The van der Waals surface area contributed by atoms with E-state index in [1.165, 1.54) is 0 Å². The van der Waals surface area contributed by atoms with E-state index in [4.69, 9.17) is 9.84 Å². The van der Waals surface area contributed by atoms with Gasteiger partial charge in [0.25, 0.3) is 0 Å². The highest BCUT2D eigenvalue weighted by Gasteiger charge is 2.37. The Hall–Kier alpha value is -1.92. The summed E-state index contributed by atoms with van der Waals surface area (Å²) >= 11 is 0. The van der Waals surface area contributed by atoms with Crippen molar-refractivity contribution in [2.24, 2.45) is 5.92 Å². The van der Waals surface area contributed by atoms with Crippen molar-refractivity contribution in [3.05, 3.63) is 30.3 Å². The Balaban J connectivity index is 1.89. The smallest absolute Gasteiger partial charge is 0.310 e. The van der Waals surface area contributed by atoms with Gasteiger partial charge in [0, 0.05) is 11.7 Å². The lowest BCUT2D eigenvalue weighted by Gasteiger charge is -2.25. The fraction of sp³-hybridized carbons (Fsp3) is 0.429. The van der Waals surface area contributed by atoms with Crippen LogP contribution >= 0.6 is 0 Å². The number of nitrogens with zero attached hydrogens (tertiary/aromatic N) is 1. The number of amides is 1. The van der Waals surface area contributed by atoms with Crippen molar-refractivity contribution in [1.82, 2.24) is 4.90 Å². The lowest BCUT2D eigenvalue weighted by Crippen LogP contribution is -2.44. The van der Waals surface area contributed by atoms with E-state index < -0.39 is 11.9 Å². The number of nitrogens with one attached hydrogen (secondary N) is 1. The molecule has 1 aromatic carbocycles. The van der Waals surface area contributed by atoms with Gasteiger partial charge < -0.3 is 15.2 Å². The summed E-state index contributed by atoms with van der Waals surface area (Å²) in [5.41, 5.74) is 0.725. The van der Waals surface area contributed by atoms with E-state index in [0.29, 0.717) is 6.61 Å². The van der Waals surface area contributed by atoms with Gasteiger partial charge in [-0.2, -0.15) is 0 Å². The molecule has 1 aromatic rings. The number of likely N-dealkylation sites (N-methyl/N-ethyl adjacent to an activating group) is 1. The summed E-state index contributed by atoms with van der Waals surface area (Å²) in [6.07, 6.45) is 0. The van der Waals surface area contributed by atoms with Gasteiger partial charge in [-0.3, -0.25) is 14.5 Å². The van der Waals surface area contributed by atoms with Crippen LogP contribution in [0.5, 0.6) is 0 Å². The van der Waals surface area contributed by atoms with Gasteiger partial charge in [0.15, 0.2) is 0 Å². The van der Waals surface area contributed by atoms with Crippen LogP contribution < -0.4 is 5.32 Å². The van der Waals surface area contributed by atoms with Crippen LogP contribution in [0.15, 0.2) is 30.3 Å². The molecule has 0 radical (unpaired) electrons. The lowest BCUT2D eigenvalue weighted by atomic mass is 10.0. The van der Waals surface area contributed by atoms with Gasteiger partial charge in [-0.15, -0.1) is 0 Å². The molecule has 0 aliphatic carbocycles. The molecule has 1 saturated heterocycles. The molecule has 1 aliphatic rings. The maximum absolute atomic E-state index is 11.9. The number of aliphatic carboxylic acids is 1. The predicted molar refractivity (Wildman–Crippen MR) is 73.4 cm³/mol. The van der Waals surface area contributed by atoms with Gasteiger partial charge in [-0.25, -0.2) is 0 Å². The monoisotopic (exact) mass is 278 g/mol. The van der Waals surface area contributed by atoms with Crippen LogP contribution in [0.25, 0.3) is 0 Å². The Morgan fingerprint density at radius 2 is 2.05 bits per heavy atom. The minimum atomic E-state index is -0.886. The van der Waals surface area contributed by atoms with E-state index in [2.05, 4.69) is 5.32 Å². The van der Waals surface area contributed by atoms with Gasteiger partial charge in [0.2, 0.25) is 5.91 Å². The fourth-order valence-electron chi connectivity index (χ4n) is 2.28. The number of hydrogen-bond donors (Lipinski definition) is 2. The molecule has 1 aliphatic heterocycles. The largest absolute Gasteiger partial charge is 0.481 e. The molecule has 0 saturated carbocycles. The highest BCUT2D eigenvalue weighted by molar-refractivity contribution is 5.92. The molecule has 6 heteroatoms. The third kappa shape index (κ3) is 3.55. The van der Waals surface area contributed by atoms with Crippen LogP contribution in [-0.2, 0) is 14.3 Å². The maximum atomic E-state index is 11.9. The molecule has 1 heterocycles. The molecule has 1 fully saturated rings. The van der Waals surface area contributed by atoms with Crippen LogP contribution in [0.4, 0.5) is 5.69 Å². The second kappa shape index (κ2) is 6.49. The number of rotatable bonds is 5. The van der Waals surface area contributed by atoms with Crippen LogP contribution in [-0.4, -0.2) is 54.7 Å². The quantitative estimate of drug-likeness (QED) is 0.827. The highest BCUT2D eigenvalue weighted by atomic mass is 16.5. The second-order valence-corrected chi connectivity index (χ2v) is 4.88. The summed E-state index contributed by atoms with van der Waals surface area (Å²) in [5.74, 6) is -1.64. The summed E-state index contributed by atoms with van der Waals surface area (Å²) < 4.78 is 5.20. The van der Waals surface area contributed by atoms with Gasteiger partial charge in [0.05, 0.1) is 25.7 Å². The van der Waals surface area contributed by atoms with Crippen molar-refractivity contribution in [1.29, 1.82) is 0 Å². The minimum absolute atomic E-state index is 0.132. The van der Waals surface area contributed by atoms with Crippen molar-refractivity contribution in [3.8, 4) is 0 Å². The minimum Gasteiger partial charge on any atom is -0.481 e. The molecule has 0 spiro atoms. The Morgan fingerprint density at radius 3 is 2.70 bits per heavy atom. The van der Waals surface area contributed by atoms with E-state index in [1.807, 2.05) is 18.2 Å². The number of carbonyl (C=O) groups excluding carboxylic acids is 1. The summed E-state index contributed by atoms with van der Waals surface area (Å²) in [6.45, 7) is 0.670. The molecule has 2 atom stereocenters. The van der Waals surface area contributed by atoms with Crippen molar-refractivity contribution in [2.75, 3.05) is 32.1 Å². The van der Waals surface area contributed by atoms with Crippen LogP contribution in [0.3, 0.4) is 0 Å². The Bertz CT molecular complexity index is 477. The van der Waals surface area contributed by atoms with Gasteiger partial charge >= 0.3 is 5.97 Å². The summed E-state index contributed by atoms with van der Waals surface area (Å²) in [6, 6.07) is 8.88. The molecule has 6 nitrogen and oxygen atoms in total. The van der Waals surface area contributed by atoms with Crippen molar-refractivity contribution < 1.29 is 19.4 Å². The fourth-order valence-corrected chi connectivity index (χ4v) is 2.28. The van der Waals surface area contributed by atoms with Crippen molar-refractivity contribution >= 4 is 17.6 Å². The first-order valence-corrected chi connectivity index (χ1v) is 6.43. The number of carbonyl (C=O) groups is 2. The summed E-state index contributed by atoms with van der Waals surface area (Å²) in [4.78, 5) is 24.7. The number of carboxylic acid groups (broad SMARTS) is 1. The van der Waals surface area contributed by atoms with Gasteiger partial charge in [-0.05, 0) is 19.2 Å². The molecule has 0 aromatic heterocycles. The SMILES string of the molecule is CN(CC(=O)Nc1ccccc1)C1COCC1C(=O)O. The van der Waals surface area contributed by atoms with Crippen LogP contribution in [0.1, 0.15) is 0 Å². The Labute approximate surface area is 117 Å². The molecule has 2 rings (SSSR count). The van der Waals surface area contributed by atoms with E-state index in [1.54, 1.807) is 24.1 Å². The molecule has 1 amide bonds. The number of hydrogen-bond acceptors (Lipinski definition) is 4. The third-order valence-corrected chi connectivity index (χ3v) is 3.38. The number of anilines is 1. The first-order valence-electron chi connectivity index (χ1n) is 6.43. The number of para-hydroxylation sites is 1. The van der Waals surface area contributed by atoms with E-state index in [-0.39, 0.29) is 25.1 Å². The summed E-state index contributed by atoms with van der Waals surface area (Å²) in [5, 5.41) is 11.9. The van der Waals surface area contributed by atoms with Gasteiger partial charge in [0.1, 0.15) is 0 Å². The highest BCUT2D eigenvalue weighted by Crippen LogP contribution is 2.18. The first-order chi connectivity index (χ1) is 9.58. The van der Waals surface area contributed by atoms with Crippen LogP contribution in [0.2, 0.25) is 0 Å². The number of ether oxygens (including phenoxy) is 1. The lowest BCUT2D eigenvalue weighted by molar-refractivity contribution is -0.143. The zero-order chi connectivity index (χ0) is 14.5. The normalized spacial score (nSPS) is 21.9. The average Bonchev–Trinajstić information content (AvgIpc) is 2.89. The van der Waals surface area contributed by atoms with E-state index in [9.17, 15) is 9.59 Å². The molecule has 20 heavy (non-hydrogen) atoms. The Morgan fingerprint density at radius 1 is 1.35 bits per heavy atom. The summed E-state index contributed by atoms with van der Waals surface area (Å²) in [7, 11) is 1.74. The zero-order valence-electron chi connectivity index (χ0n) is 11.3. The van der Waals surface area contributed by atoms with Crippen molar-refractivity contribution in [2.45, 2.75) is 6.04 Å². The molecule has 2 N–H and O–H groups in total. The second-order valence-electron chi connectivity index (χ2n) is 4.88. The number of carboxylic acids is 1. The zero-order valence-corrected chi connectivity index (χ0v) is 11.3.